The average Bonchev–Trinajstić information content (AvgIpc) is 2.96. The molecule has 2 heterocycles. The van der Waals surface area contributed by atoms with Crippen molar-refractivity contribution in [2.24, 2.45) is 5.73 Å². The molecule has 3 rings (SSSR count). The van der Waals surface area contributed by atoms with Crippen LogP contribution in [0, 0.1) is 6.92 Å². The molecule has 0 radical (unpaired) electrons. The van der Waals surface area contributed by atoms with Crippen LogP contribution in [-0.4, -0.2) is 18.3 Å². The molecule has 4 nitrogen and oxygen atoms in total. The third kappa shape index (κ3) is 1.95. The molecular weight excluding hydrogens is 248 g/mol. The molecule has 0 fully saturated rings. The van der Waals surface area contributed by atoms with Crippen molar-refractivity contribution in [2.45, 2.75) is 13.3 Å². The van der Waals surface area contributed by atoms with Gasteiger partial charge in [0.05, 0.1) is 5.69 Å². The second-order valence-corrected chi connectivity index (χ2v) is 5.33. The third-order valence-electron chi connectivity index (χ3n) is 2.89. The Kier molecular flexibility index (Phi) is 2.93. The molecule has 0 atom stereocenters. The summed E-state index contributed by atoms with van der Waals surface area (Å²) in [5.41, 5.74) is 7.74. The minimum absolute atomic E-state index is 0.300. The molecule has 0 saturated heterocycles. The van der Waals surface area contributed by atoms with E-state index in [0.29, 0.717) is 13.3 Å². The number of aromatic nitrogens is 1. The van der Waals surface area contributed by atoms with Gasteiger partial charge in [-0.15, -0.1) is 11.3 Å². The maximum absolute atomic E-state index is 5.58. The van der Waals surface area contributed by atoms with Crippen molar-refractivity contribution in [1.29, 1.82) is 0 Å². The topological polar surface area (TPSA) is 57.4 Å². The van der Waals surface area contributed by atoms with Crippen molar-refractivity contribution >= 4 is 11.3 Å². The van der Waals surface area contributed by atoms with E-state index < -0.39 is 0 Å². The number of thiazole rings is 1. The fourth-order valence-electron chi connectivity index (χ4n) is 1.95. The van der Waals surface area contributed by atoms with Crippen molar-refractivity contribution in [2.75, 3.05) is 13.3 Å². The number of hydrogen-bond donors (Lipinski definition) is 1. The van der Waals surface area contributed by atoms with Gasteiger partial charge in [-0.25, -0.2) is 4.98 Å². The molecular formula is C13H14N2O2S. The van der Waals surface area contributed by atoms with E-state index in [1.54, 1.807) is 11.3 Å². The number of ether oxygens (including phenoxy) is 2. The lowest BCUT2D eigenvalue weighted by molar-refractivity contribution is 0.174. The van der Waals surface area contributed by atoms with Crippen molar-refractivity contribution in [3.8, 4) is 22.1 Å². The summed E-state index contributed by atoms with van der Waals surface area (Å²) in [6.45, 7) is 3.01. The zero-order valence-electron chi connectivity index (χ0n) is 10.1. The molecule has 0 aliphatic carbocycles. The van der Waals surface area contributed by atoms with Gasteiger partial charge in [-0.3, -0.25) is 0 Å². The molecule has 0 bridgehead atoms. The molecule has 94 valence electrons. The lowest BCUT2D eigenvalue weighted by Gasteiger charge is -1.99. The number of benzene rings is 1. The van der Waals surface area contributed by atoms with E-state index in [4.69, 9.17) is 15.2 Å². The van der Waals surface area contributed by atoms with Gasteiger partial charge in [0.2, 0.25) is 6.79 Å². The molecule has 1 aromatic heterocycles. The van der Waals surface area contributed by atoms with E-state index in [2.05, 4.69) is 11.9 Å². The van der Waals surface area contributed by atoms with Gasteiger partial charge in [0.15, 0.2) is 11.5 Å². The van der Waals surface area contributed by atoms with E-state index in [0.717, 1.165) is 34.2 Å². The first-order valence-electron chi connectivity index (χ1n) is 5.84. The second-order valence-electron chi connectivity index (χ2n) is 4.13. The Morgan fingerprint density at radius 3 is 3.00 bits per heavy atom. The average molecular weight is 262 g/mol. The molecule has 1 aliphatic heterocycles. The summed E-state index contributed by atoms with van der Waals surface area (Å²) in [7, 11) is 0. The zero-order valence-corrected chi connectivity index (χ0v) is 10.9. The van der Waals surface area contributed by atoms with Crippen LogP contribution in [0.15, 0.2) is 18.2 Å². The normalized spacial score (nSPS) is 13.0. The van der Waals surface area contributed by atoms with Crippen LogP contribution in [0.3, 0.4) is 0 Å². The highest BCUT2D eigenvalue weighted by molar-refractivity contribution is 7.15. The van der Waals surface area contributed by atoms with Crippen molar-refractivity contribution in [1.82, 2.24) is 4.98 Å². The van der Waals surface area contributed by atoms with Crippen molar-refractivity contribution in [3.63, 3.8) is 0 Å². The monoisotopic (exact) mass is 262 g/mol. The first-order valence-corrected chi connectivity index (χ1v) is 6.66. The summed E-state index contributed by atoms with van der Waals surface area (Å²) in [5.74, 6) is 1.59. The highest BCUT2D eigenvalue weighted by Gasteiger charge is 2.16. The largest absolute Gasteiger partial charge is 0.454 e. The number of nitrogens with zero attached hydrogens (tertiary/aromatic N) is 1. The molecule has 0 unspecified atom stereocenters. The second kappa shape index (κ2) is 4.59. The molecule has 2 N–H and O–H groups in total. The Morgan fingerprint density at radius 1 is 1.33 bits per heavy atom. The maximum atomic E-state index is 5.58. The number of fused-ring (bicyclic) bond motifs is 1. The molecule has 1 aromatic carbocycles. The molecule has 2 aromatic rings. The van der Waals surface area contributed by atoms with Gasteiger partial charge in [0.1, 0.15) is 5.01 Å². The standard InChI is InChI=1S/C13H14N2O2S/c1-8-10(4-5-14)15-13(18-8)9-2-3-11-12(6-9)17-7-16-11/h2-3,6H,4-5,7,14H2,1H3. The van der Waals surface area contributed by atoms with Crippen LogP contribution in [0.25, 0.3) is 10.6 Å². The SMILES string of the molecule is Cc1sc(-c2ccc3c(c2)OCO3)nc1CCN. The number of aryl methyl sites for hydroxylation is 1. The maximum Gasteiger partial charge on any atom is 0.231 e. The van der Waals surface area contributed by atoms with Gasteiger partial charge < -0.3 is 15.2 Å². The quantitative estimate of drug-likeness (QED) is 0.922. The first kappa shape index (κ1) is 11.5. The summed E-state index contributed by atoms with van der Waals surface area (Å²) in [6.07, 6.45) is 0.826. The molecule has 0 saturated carbocycles. The minimum Gasteiger partial charge on any atom is -0.454 e. The Morgan fingerprint density at radius 2 is 2.17 bits per heavy atom. The molecule has 1 aliphatic rings. The van der Waals surface area contributed by atoms with Crippen LogP contribution in [0.2, 0.25) is 0 Å². The lowest BCUT2D eigenvalue weighted by Crippen LogP contribution is -2.03. The van der Waals surface area contributed by atoms with E-state index in [1.807, 2.05) is 18.2 Å². The molecule has 0 amide bonds. The van der Waals surface area contributed by atoms with Crippen molar-refractivity contribution in [3.05, 3.63) is 28.8 Å². The molecule has 0 spiro atoms. The fourth-order valence-corrected chi connectivity index (χ4v) is 2.91. The number of rotatable bonds is 3. The minimum atomic E-state index is 0.300. The van der Waals surface area contributed by atoms with E-state index >= 15 is 0 Å². The van der Waals surface area contributed by atoms with Crippen LogP contribution in [0.5, 0.6) is 11.5 Å². The lowest BCUT2D eigenvalue weighted by atomic mass is 10.2. The van der Waals surface area contributed by atoms with Gasteiger partial charge in [-0.2, -0.15) is 0 Å². The summed E-state index contributed by atoms with van der Waals surface area (Å²) in [4.78, 5) is 5.87. The first-order chi connectivity index (χ1) is 8.78. The van der Waals surface area contributed by atoms with E-state index in [-0.39, 0.29) is 0 Å². The molecule has 18 heavy (non-hydrogen) atoms. The third-order valence-corrected chi connectivity index (χ3v) is 3.96. The van der Waals surface area contributed by atoms with E-state index in [1.165, 1.54) is 4.88 Å². The Labute approximate surface area is 109 Å². The van der Waals surface area contributed by atoms with Crippen LogP contribution >= 0.6 is 11.3 Å². The summed E-state index contributed by atoms with van der Waals surface area (Å²) < 4.78 is 10.7. The predicted octanol–water partition coefficient (Wildman–Crippen LogP) is 2.35. The van der Waals surface area contributed by atoms with Gasteiger partial charge in [-0.05, 0) is 31.7 Å². The zero-order chi connectivity index (χ0) is 12.5. The Bertz CT molecular complexity index is 580. The van der Waals surface area contributed by atoms with Gasteiger partial charge in [0.25, 0.3) is 0 Å². The Balaban J connectivity index is 1.97. The highest BCUT2D eigenvalue weighted by Crippen LogP contribution is 2.37. The summed E-state index contributed by atoms with van der Waals surface area (Å²) in [5, 5.41) is 1.01. The summed E-state index contributed by atoms with van der Waals surface area (Å²) >= 11 is 1.69. The summed E-state index contributed by atoms with van der Waals surface area (Å²) in [6, 6.07) is 5.92. The van der Waals surface area contributed by atoms with Gasteiger partial charge in [0, 0.05) is 16.9 Å². The van der Waals surface area contributed by atoms with Crippen LogP contribution in [0.1, 0.15) is 10.6 Å². The fraction of sp³-hybridized carbons (Fsp3) is 0.308. The van der Waals surface area contributed by atoms with Crippen LogP contribution in [-0.2, 0) is 6.42 Å². The van der Waals surface area contributed by atoms with E-state index in [9.17, 15) is 0 Å². The highest BCUT2D eigenvalue weighted by atomic mass is 32.1. The predicted molar refractivity (Wildman–Crippen MR) is 71.2 cm³/mol. The van der Waals surface area contributed by atoms with Crippen molar-refractivity contribution < 1.29 is 9.47 Å². The smallest absolute Gasteiger partial charge is 0.231 e. The van der Waals surface area contributed by atoms with Gasteiger partial charge >= 0.3 is 0 Å². The van der Waals surface area contributed by atoms with Crippen LogP contribution < -0.4 is 15.2 Å². The Hall–Kier alpha value is -1.59. The van der Waals surface area contributed by atoms with Crippen LogP contribution in [0.4, 0.5) is 0 Å². The number of nitrogens with two attached hydrogens (primary N) is 1. The molecule has 5 heteroatoms. The van der Waals surface area contributed by atoms with Gasteiger partial charge in [-0.1, -0.05) is 0 Å². The number of hydrogen-bond acceptors (Lipinski definition) is 5.